The zero-order chi connectivity index (χ0) is 20.9. The number of hydrogen-bond acceptors (Lipinski definition) is 5. The molecule has 0 saturated carbocycles. The van der Waals surface area contributed by atoms with Crippen LogP contribution in [0, 0.1) is 11.3 Å². The van der Waals surface area contributed by atoms with Gasteiger partial charge in [-0.1, -0.05) is 35.9 Å². The first kappa shape index (κ1) is 20.6. The van der Waals surface area contributed by atoms with E-state index in [-0.39, 0.29) is 17.1 Å². The third-order valence-electron chi connectivity index (χ3n) is 4.18. The topological polar surface area (TPSA) is 84.2 Å². The summed E-state index contributed by atoms with van der Waals surface area (Å²) in [6.07, 6.45) is -0.262. The first-order valence-electron chi connectivity index (χ1n) is 8.67. The number of nitrogens with zero attached hydrogens (tertiary/aromatic N) is 1. The molecule has 0 fully saturated rings. The van der Waals surface area contributed by atoms with Crippen molar-refractivity contribution in [2.75, 3.05) is 5.75 Å². The second-order valence-corrected chi connectivity index (χ2v) is 8.76. The van der Waals surface area contributed by atoms with E-state index >= 15 is 0 Å². The summed E-state index contributed by atoms with van der Waals surface area (Å²) in [5, 5.41) is 9.29. The van der Waals surface area contributed by atoms with Crippen LogP contribution in [0.5, 0.6) is 5.75 Å². The van der Waals surface area contributed by atoms with E-state index in [1.54, 1.807) is 36.4 Å². The summed E-state index contributed by atoms with van der Waals surface area (Å²) < 4.78 is 29.8. The zero-order valence-electron chi connectivity index (χ0n) is 15.2. The number of carbonyl (C=O) groups excluding carboxylic acids is 1. The Kier molecular flexibility index (Phi) is 6.32. The fourth-order valence-corrected chi connectivity index (χ4v) is 3.96. The van der Waals surface area contributed by atoms with Gasteiger partial charge in [0.25, 0.3) is 0 Å². The van der Waals surface area contributed by atoms with Gasteiger partial charge < -0.3 is 4.74 Å². The molecule has 0 spiro atoms. The Morgan fingerprint density at radius 1 is 0.897 bits per heavy atom. The molecule has 0 amide bonds. The van der Waals surface area contributed by atoms with Crippen molar-refractivity contribution < 1.29 is 17.9 Å². The minimum atomic E-state index is -3.60. The van der Waals surface area contributed by atoms with Crippen LogP contribution in [-0.2, 0) is 14.6 Å². The molecule has 0 radical (unpaired) electrons. The molecular formula is C22H16ClNO4S. The number of nitriles is 1. The van der Waals surface area contributed by atoms with Gasteiger partial charge in [-0.05, 0) is 59.7 Å². The number of hydrogen-bond donors (Lipinski definition) is 0. The maximum atomic E-state index is 12.3. The van der Waals surface area contributed by atoms with Gasteiger partial charge >= 0.3 is 5.97 Å². The molecule has 0 N–H and O–H groups in total. The molecule has 0 aromatic heterocycles. The molecule has 3 rings (SSSR count). The number of sulfone groups is 1. The maximum Gasteiger partial charge on any atom is 0.312 e. The number of carbonyl (C=O) groups is 1. The minimum absolute atomic E-state index is 0.112. The summed E-state index contributed by atoms with van der Waals surface area (Å²) in [7, 11) is -3.60. The molecule has 0 aliphatic rings. The summed E-state index contributed by atoms with van der Waals surface area (Å²) in [6, 6.07) is 21.8. The molecule has 0 aliphatic carbocycles. The Morgan fingerprint density at radius 3 is 2.00 bits per heavy atom. The average Bonchev–Trinajstić information content (AvgIpc) is 2.73. The smallest absolute Gasteiger partial charge is 0.312 e. The van der Waals surface area contributed by atoms with Gasteiger partial charge in [-0.25, -0.2) is 8.42 Å². The van der Waals surface area contributed by atoms with Gasteiger partial charge in [0.2, 0.25) is 0 Å². The van der Waals surface area contributed by atoms with Crippen LogP contribution in [0.25, 0.3) is 11.1 Å². The largest absolute Gasteiger partial charge is 0.427 e. The Hall–Kier alpha value is -3.14. The number of halogens is 1. The monoisotopic (exact) mass is 425 g/mol. The van der Waals surface area contributed by atoms with Crippen molar-refractivity contribution in [1.29, 1.82) is 5.26 Å². The normalized spacial score (nSPS) is 10.9. The number of esters is 1. The highest BCUT2D eigenvalue weighted by atomic mass is 35.5. The molecule has 0 bridgehead atoms. The van der Waals surface area contributed by atoms with Crippen LogP contribution in [0.15, 0.2) is 77.7 Å². The minimum Gasteiger partial charge on any atom is -0.427 e. The highest BCUT2D eigenvalue weighted by molar-refractivity contribution is 7.91. The van der Waals surface area contributed by atoms with E-state index in [0.29, 0.717) is 16.3 Å². The predicted molar refractivity (Wildman–Crippen MR) is 110 cm³/mol. The van der Waals surface area contributed by atoms with Crippen molar-refractivity contribution in [3.8, 4) is 22.9 Å². The molecule has 7 heteroatoms. The molecule has 5 nitrogen and oxygen atoms in total. The molecule has 0 atom stereocenters. The van der Waals surface area contributed by atoms with E-state index in [0.717, 1.165) is 11.1 Å². The van der Waals surface area contributed by atoms with Crippen LogP contribution in [0.3, 0.4) is 0 Å². The Balaban J connectivity index is 1.59. The van der Waals surface area contributed by atoms with Crippen molar-refractivity contribution in [2.24, 2.45) is 0 Å². The lowest BCUT2D eigenvalue weighted by Gasteiger charge is -2.07. The average molecular weight is 426 g/mol. The molecule has 0 unspecified atom stereocenters. The van der Waals surface area contributed by atoms with E-state index in [1.165, 1.54) is 24.3 Å². The van der Waals surface area contributed by atoms with E-state index in [9.17, 15) is 13.2 Å². The first-order chi connectivity index (χ1) is 13.9. The van der Waals surface area contributed by atoms with E-state index in [4.69, 9.17) is 21.6 Å². The lowest BCUT2D eigenvalue weighted by atomic mass is 10.0. The summed E-state index contributed by atoms with van der Waals surface area (Å²) >= 11 is 5.76. The van der Waals surface area contributed by atoms with Crippen LogP contribution in [0.1, 0.15) is 12.0 Å². The van der Waals surface area contributed by atoms with Crippen LogP contribution >= 0.6 is 11.6 Å². The number of rotatable bonds is 6. The SMILES string of the molecule is N#Cc1ccc(-c2ccc(OC(=O)CCS(=O)(=O)c3ccc(Cl)cc3)cc2)cc1. The predicted octanol–water partition coefficient (Wildman–Crippen LogP) is 4.65. The van der Waals surface area contributed by atoms with Gasteiger partial charge in [0.15, 0.2) is 9.84 Å². The van der Waals surface area contributed by atoms with Gasteiger partial charge in [-0.15, -0.1) is 0 Å². The van der Waals surface area contributed by atoms with Gasteiger partial charge in [0.05, 0.1) is 28.7 Å². The van der Waals surface area contributed by atoms with Gasteiger partial charge in [-0.2, -0.15) is 5.26 Å². The third kappa shape index (κ3) is 5.44. The molecule has 0 saturated heterocycles. The van der Waals surface area contributed by atoms with Crippen LogP contribution < -0.4 is 4.74 Å². The van der Waals surface area contributed by atoms with Crippen LogP contribution in [-0.4, -0.2) is 20.1 Å². The quantitative estimate of drug-likeness (QED) is 0.424. The Bertz CT molecular complexity index is 1150. The molecular weight excluding hydrogens is 410 g/mol. The van der Waals surface area contributed by atoms with Crippen LogP contribution in [0.2, 0.25) is 5.02 Å². The first-order valence-corrected chi connectivity index (χ1v) is 10.7. The van der Waals surface area contributed by atoms with E-state index in [1.807, 2.05) is 12.1 Å². The summed E-state index contributed by atoms with van der Waals surface area (Å²) in [5.74, 6) is -0.651. The van der Waals surface area contributed by atoms with Crippen molar-refractivity contribution in [3.05, 3.63) is 83.4 Å². The Labute approximate surface area is 174 Å². The summed E-state index contributed by atoms with van der Waals surface area (Å²) in [6.45, 7) is 0. The number of benzene rings is 3. The van der Waals surface area contributed by atoms with Crippen LogP contribution in [0.4, 0.5) is 0 Å². The van der Waals surface area contributed by atoms with E-state index < -0.39 is 15.8 Å². The molecule has 3 aromatic rings. The standard InChI is InChI=1S/C22H16ClNO4S/c23-19-7-11-21(12-8-19)29(26,27)14-13-22(25)28-20-9-5-18(6-10-20)17-3-1-16(15-24)2-4-17/h1-12H,13-14H2. The summed E-state index contributed by atoms with van der Waals surface area (Å²) in [5.41, 5.74) is 2.41. The second-order valence-electron chi connectivity index (χ2n) is 6.21. The highest BCUT2D eigenvalue weighted by Crippen LogP contribution is 2.23. The fraction of sp³-hybridized carbons (Fsp3) is 0.0909. The van der Waals surface area contributed by atoms with Gasteiger partial charge in [0, 0.05) is 5.02 Å². The zero-order valence-corrected chi connectivity index (χ0v) is 16.8. The highest BCUT2D eigenvalue weighted by Gasteiger charge is 2.17. The van der Waals surface area contributed by atoms with Crippen molar-refractivity contribution in [2.45, 2.75) is 11.3 Å². The molecule has 0 aliphatic heterocycles. The fourth-order valence-electron chi connectivity index (χ4n) is 2.61. The number of ether oxygens (including phenoxy) is 1. The third-order valence-corrected chi connectivity index (χ3v) is 6.16. The molecule has 146 valence electrons. The lowest BCUT2D eigenvalue weighted by Crippen LogP contribution is -2.15. The van der Waals surface area contributed by atoms with Crippen molar-refractivity contribution in [3.63, 3.8) is 0 Å². The molecule has 29 heavy (non-hydrogen) atoms. The van der Waals surface area contributed by atoms with Gasteiger partial charge in [0.1, 0.15) is 5.75 Å². The molecule has 0 heterocycles. The van der Waals surface area contributed by atoms with Gasteiger partial charge in [-0.3, -0.25) is 4.79 Å². The van der Waals surface area contributed by atoms with Crippen molar-refractivity contribution in [1.82, 2.24) is 0 Å². The maximum absolute atomic E-state index is 12.3. The summed E-state index contributed by atoms with van der Waals surface area (Å²) in [4.78, 5) is 12.1. The molecule has 3 aromatic carbocycles. The Morgan fingerprint density at radius 2 is 1.45 bits per heavy atom. The van der Waals surface area contributed by atoms with Crippen molar-refractivity contribution >= 4 is 27.4 Å². The second kappa shape index (κ2) is 8.91. The van der Waals surface area contributed by atoms with E-state index in [2.05, 4.69) is 6.07 Å². The lowest BCUT2D eigenvalue weighted by molar-refractivity contribution is -0.133.